The Labute approximate surface area is 76.2 Å². The number of rotatable bonds is 2. The van der Waals surface area contributed by atoms with Crippen LogP contribution in [0.5, 0.6) is 0 Å². The van der Waals surface area contributed by atoms with Crippen LogP contribution in [0.3, 0.4) is 0 Å². The molecule has 0 radical (unpaired) electrons. The van der Waals surface area contributed by atoms with Crippen LogP contribution in [0, 0.1) is 13.1 Å². The third-order valence-electron chi connectivity index (χ3n) is 1.26. The fourth-order valence-corrected chi connectivity index (χ4v) is 0.693. The van der Waals surface area contributed by atoms with Crippen LogP contribution < -0.4 is 0 Å². The molecule has 0 N–H and O–H groups in total. The van der Waals surface area contributed by atoms with Crippen molar-refractivity contribution in [3.8, 4) is 0 Å². The Balaban J connectivity index is 2.71. The number of benzene rings is 1. The van der Waals surface area contributed by atoms with Crippen molar-refractivity contribution in [2.75, 3.05) is 0 Å². The average molecular weight is 170 g/mol. The number of nitrogens with zero attached hydrogens (tertiary/aromatic N) is 4. The van der Waals surface area contributed by atoms with Gasteiger partial charge in [0.2, 0.25) is 0 Å². The Morgan fingerprint density at radius 2 is 1.69 bits per heavy atom. The average Bonchev–Trinajstić information content (AvgIpc) is 2.21. The van der Waals surface area contributed by atoms with Crippen molar-refractivity contribution in [3.63, 3.8) is 0 Å². The topological polar surface area (TPSA) is 33.4 Å². The highest BCUT2D eigenvalue weighted by molar-refractivity contribution is 5.34. The van der Waals surface area contributed by atoms with Crippen molar-refractivity contribution < 1.29 is 0 Å². The summed E-state index contributed by atoms with van der Waals surface area (Å²) in [5.74, 6) is 0. The van der Waals surface area contributed by atoms with Gasteiger partial charge in [0.25, 0.3) is 0 Å². The van der Waals surface area contributed by atoms with Crippen LogP contribution in [-0.2, 0) is 0 Å². The summed E-state index contributed by atoms with van der Waals surface area (Å²) in [4.78, 5) is 5.91. The van der Waals surface area contributed by atoms with Crippen molar-refractivity contribution in [1.82, 2.24) is 0 Å². The van der Waals surface area contributed by atoms with E-state index < -0.39 is 6.29 Å². The Morgan fingerprint density at radius 3 is 2.23 bits per heavy atom. The van der Waals surface area contributed by atoms with Crippen molar-refractivity contribution in [1.29, 1.82) is 0 Å². The van der Waals surface area contributed by atoms with Gasteiger partial charge in [-0.3, -0.25) is 0 Å². The van der Waals surface area contributed by atoms with Crippen LogP contribution in [0.1, 0.15) is 0 Å². The van der Waals surface area contributed by atoms with Gasteiger partial charge in [0, 0.05) is 0 Å². The fraction of sp³-hybridized carbons (Fsp3) is 0.111. The van der Waals surface area contributed by atoms with E-state index >= 15 is 0 Å². The Bertz CT molecular complexity index is 355. The summed E-state index contributed by atoms with van der Waals surface area (Å²) in [5.41, 5.74) is 0.653. The zero-order valence-corrected chi connectivity index (χ0v) is 6.75. The Morgan fingerprint density at radius 1 is 1.08 bits per heavy atom. The molecule has 1 rings (SSSR count). The van der Waals surface area contributed by atoms with E-state index in [1.807, 2.05) is 18.2 Å². The van der Waals surface area contributed by atoms with Crippen molar-refractivity contribution in [2.45, 2.75) is 6.29 Å². The maximum atomic E-state index is 6.58. The standard InChI is InChI=1S/C9H6N4/c1-10-9(11-2)13-12-8-6-4-3-5-7-8/h3-7,9H. The normalized spacial score (nSPS) is 9.77. The summed E-state index contributed by atoms with van der Waals surface area (Å²) < 4.78 is 0. The minimum absolute atomic E-state index is 0.653. The molecule has 0 amide bonds. The molecule has 1 aromatic rings. The zero-order valence-electron chi connectivity index (χ0n) is 6.75. The molecule has 0 aliphatic carbocycles. The summed E-state index contributed by atoms with van der Waals surface area (Å²) in [6.07, 6.45) is -1.04. The van der Waals surface area contributed by atoms with Crippen LogP contribution in [0.4, 0.5) is 5.69 Å². The highest BCUT2D eigenvalue weighted by Crippen LogP contribution is 2.11. The van der Waals surface area contributed by atoms with E-state index in [1.165, 1.54) is 0 Å². The van der Waals surface area contributed by atoms with Crippen LogP contribution in [-0.4, -0.2) is 6.29 Å². The van der Waals surface area contributed by atoms with Gasteiger partial charge in [0.05, 0.1) is 5.69 Å². The summed E-state index contributed by atoms with van der Waals surface area (Å²) in [7, 11) is 0. The lowest BCUT2D eigenvalue weighted by Crippen LogP contribution is -1.84. The molecular weight excluding hydrogens is 164 g/mol. The number of hydrogen-bond acceptors (Lipinski definition) is 2. The van der Waals surface area contributed by atoms with Gasteiger partial charge in [-0.25, -0.2) is 22.8 Å². The second-order valence-electron chi connectivity index (χ2n) is 2.16. The third kappa shape index (κ3) is 2.72. The van der Waals surface area contributed by atoms with Crippen molar-refractivity contribution in [3.05, 3.63) is 53.2 Å². The first-order valence-electron chi connectivity index (χ1n) is 3.56. The minimum Gasteiger partial charge on any atom is -0.222 e. The fourth-order valence-electron chi connectivity index (χ4n) is 0.693. The van der Waals surface area contributed by atoms with E-state index in [9.17, 15) is 0 Å². The summed E-state index contributed by atoms with van der Waals surface area (Å²) in [6.45, 7) is 13.2. The molecule has 1 aromatic carbocycles. The highest BCUT2D eigenvalue weighted by Gasteiger charge is 2.10. The van der Waals surface area contributed by atoms with Gasteiger partial charge < -0.3 is 0 Å². The quantitative estimate of drug-likeness (QED) is 0.483. The maximum Gasteiger partial charge on any atom is 0.602 e. The van der Waals surface area contributed by atoms with Crippen LogP contribution in [0.2, 0.25) is 0 Å². The molecule has 0 bridgehead atoms. The van der Waals surface area contributed by atoms with E-state index in [2.05, 4.69) is 19.9 Å². The molecule has 0 heterocycles. The first-order valence-corrected chi connectivity index (χ1v) is 3.56. The lowest BCUT2D eigenvalue weighted by atomic mass is 10.3. The van der Waals surface area contributed by atoms with E-state index in [4.69, 9.17) is 13.1 Å². The van der Waals surface area contributed by atoms with E-state index in [-0.39, 0.29) is 0 Å². The van der Waals surface area contributed by atoms with Gasteiger partial charge in [-0.1, -0.05) is 18.2 Å². The Hall–Kier alpha value is -2.20. The van der Waals surface area contributed by atoms with Gasteiger partial charge in [-0.2, -0.15) is 0 Å². The minimum atomic E-state index is -1.04. The molecule has 0 atom stereocenters. The van der Waals surface area contributed by atoms with E-state index in [0.717, 1.165) is 0 Å². The largest absolute Gasteiger partial charge is 0.602 e. The van der Waals surface area contributed by atoms with Crippen LogP contribution in [0.25, 0.3) is 9.69 Å². The third-order valence-corrected chi connectivity index (χ3v) is 1.26. The van der Waals surface area contributed by atoms with Crippen molar-refractivity contribution >= 4 is 5.69 Å². The highest BCUT2D eigenvalue weighted by atomic mass is 15.3. The van der Waals surface area contributed by atoms with E-state index in [1.54, 1.807) is 12.1 Å². The SMILES string of the molecule is [C-]#[N+]C(N=Nc1ccccc1)[N+]#[C-]. The van der Waals surface area contributed by atoms with Crippen LogP contribution in [0.15, 0.2) is 40.6 Å². The molecule has 0 aliphatic heterocycles. The Kier molecular flexibility index (Phi) is 3.17. The molecule has 0 unspecified atom stereocenters. The molecule has 13 heavy (non-hydrogen) atoms. The lowest BCUT2D eigenvalue weighted by Gasteiger charge is -1.86. The number of hydrogen-bond donors (Lipinski definition) is 0. The molecule has 4 nitrogen and oxygen atoms in total. The molecule has 0 fully saturated rings. The molecule has 0 saturated heterocycles. The predicted octanol–water partition coefficient (Wildman–Crippen LogP) is 2.89. The molecule has 0 aromatic heterocycles. The second kappa shape index (κ2) is 4.63. The van der Waals surface area contributed by atoms with Crippen molar-refractivity contribution in [2.24, 2.45) is 10.2 Å². The van der Waals surface area contributed by atoms with Crippen LogP contribution >= 0.6 is 0 Å². The lowest BCUT2D eigenvalue weighted by molar-refractivity contribution is 0.919. The smallest absolute Gasteiger partial charge is 0.222 e. The predicted molar refractivity (Wildman–Crippen MR) is 48.0 cm³/mol. The second-order valence-corrected chi connectivity index (χ2v) is 2.16. The molecule has 0 aliphatic rings. The molecule has 62 valence electrons. The molecule has 0 spiro atoms. The zero-order chi connectivity index (χ0) is 9.52. The van der Waals surface area contributed by atoms with Gasteiger partial charge >= 0.3 is 6.29 Å². The first kappa shape index (κ1) is 8.89. The summed E-state index contributed by atoms with van der Waals surface area (Å²) >= 11 is 0. The maximum absolute atomic E-state index is 6.58. The summed E-state index contributed by atoms with van der Waals surface area (Å²) in [5, 5.41) is 7.29. The monoisotopic (exact) mass is 170 g/mol. The first-order chi connectivity index (χ1) is 6.36. The van der Waals surface area contributed by atoms with Gasteiger partial charge in [-0.15, -0.1) is 5.11 Å². The van der Waals surface area contributed by atoms with Gasteiger partial charge in [0.1, 0.15) is 0 Å². The molecule has 0 saturated carbocycles. The molecular formula is C9H6N4. The van der Waals surface area contributed by atoms with Gasteiger partial charge in [0.15, 0.2) is 0 Å². The number of azo groups is 1. The molecule has 4 heteroatoms. The van der Waals surface area contributed by atoms with E-state index in [0.29, 0.717) is 5.69 Å². The van der Waals surface area contributed by atoms with Gasteiger partial charge in [-0.05, 0) is 17.2 Å². The summed E-state index contributed by atoms with van der Waals surface area (Å²) in [6, 6.07) is 9.02.